The molecule has 11 heavy (non-hydrogen) atoms. The number of aromatic nitrogens is 2. The van der Waals surface area contributed by atoms with E-state index in [9.17, 15) is 0 Å². The van der Waals surface area contributed by atoms with Crippen LogP contribution in [0.2, 0.25) is 0 Å². The molecule has 0 radical (unpaired) electrons. The first-order valence-corrected chi connectivity index (χ1v) is 3.38. The van der Waals surface area contributed by atoms with Crippen LogP contribution in [0.5, 0.6) is 0 Å². The maximum atomic E-state index is 5.52. The van der Waals surface area contributed by atoms with Gasteiger partial charge < -0.3 is 10.6 Å². The SMILES string of the molecule is Cc1cc(N)nc(N(C)C)n1. The van der Waals surface area contributed by atoms with Gasteiger partial charge >= 0.3 is 0 Å². The van der Waals surface area contributed by atoms with Gasteiger partial charge in [0.25, 0.3) is 0 Å². The lowest BCUT2D eigenvalue weighted by atomic mass is 10.4. The fourth-order valence-electron chi connectivity index (χ4n) is 0.777. The molecule has 1 heterocycles. The van der Waals surface area contributed by atoms with E-state index in [-0.39, 0.29) is 0 Å². The van der Waals surface area contributed by atoms with Crippen LogP contribution in [-0.2, 0) is 0 Å². The Kier molecular flexibility index (Phi) is 1.94. The van der Waals surface area contributed by atoms with Gasteiger partial charge in [-0.3, -0.25) is 0 Å². The Morgan fingerprint density at radius 3 is 2.45 bits per heavy atom. The summed E-state index contributed by atoms with van der Waals surface area (Å²) >= 11 is 0. The Morgan fingerprint density at radius 2 is 2.00 bits per heavy atom. The second-order valence-electron chi connectivity index (χ2n) is 2.63. The van der Waals surface area contributed by atoms with Gasteiger partial charge in [0.15, 0.2) is 0 Å². The average molecular weight is 152 g/mol. The van der Waals surface area contributed by atoms with Gasteiger partial charge in [0.2, 0.25) is 5.95 Å². The largest absolute Gasteiger partial charge is 0.384 e. The van der Waals surface area contributed by atoms with Crippen molar-refractivity contribution in [2.45, 2.75) is 6.92 Å². The molecule has 0 atom stereocenters. The highest BCUT2D eigenvalue weighted by Crippen LogP contribution is 2.07. The first-order chi connectivity index (χ1) is 5.09. The number of hydrogen-bond acceptors (Lipinski definition) is 4. The van der Waals surface area contributed by atoms with E-state index in [0.717, 1.165) is 5.69 Å². The van der Waals surface area contributed by atoms with Crippen LogP contribution < -0.4 is 10.6 Å². The van der Waals surface area contributed by atoms with Crippen LogP contribution in [0.3, 0.4) is 0 Å². The number of nitrogens with zero attached hydrogens (tertiary/aromatic N) is 3. The summed E-state index contributed by atoms with van der Waals surface area (Å²) in [4.78, 5) is 10.0. The molecular formula is C7H12N4. The molecule has 0 fully saturated rings. The summed E-state index contributed by atoms with van der Waals surface area (Å²) in [5.41, 5.74) is 6.41. The number of rotatable bonds is 1. The Hall–Kier alpha value is -1.32. The molecule has 0 amide bonds. The summed E-state index contributed by atoms with van der Waals surface area (Å²) in [7, 11) is 3.77. The molecule has 0 saturated carbocycles. The summed E-state index contributed by atoms with van der Waals surface area (Å²) < 4.78 is 0. The Morgan fingerprint density at radius 1 is 1.36 bits per heavy atom. The van der Waals surface area contributed by atoms with Crippen LogP contribution in [0.25, 0.3) is 0 Å². The second kappa shape index (κ2) is 2.74. The summed E-state index contributed by atoms with van der Waals surface area (Å²) in [5, 5.41) is 0. The Balaban J connectivity index is 3.08. The van der Waals surface area contributed by atoms with E-state index in [1.54, 1.807) is 6.07 Å². The van der Waals surface area contributed by atoms with Crippen LogP contribution in [0.1, 0.15) is 5.69 Å². The van der Waals surface area contributed by atoms with E-state index in [0.29, 0.717) is 11.8 Å². The monoisotopic (exact) mass is 152 g/mol. The smallest absolute Gasteiger partial charge is 0.226 e. The van der Waals surface area contributed by atoms with E-state index >= 15 is 0 Å². The van der Waals surface area contributed by atoms with Gasteiger partial charge in [-0.15, -0.1) is 0 Å². The first kappa shape index (κ1) is 7.78. The molecule has 4 heteroatoms. The summed E-state index contributed by atoms with van der Waals surface area (Å²) in [6, 6.07) is 1.74. The highest BCUT2D eigenvalue weighted by atomic mass is 15.2. The average Bonchev–Trinajstić information content (AvgIpc) is 1.85. The van der Waals surface area contributed by atoms with Gasteiger partial charge in [-0.1, -0.05) is 0 Å². The predicted molar refractivity (Wildman–Crippen MR) is 45.5 cm³/mol. The molecule has 0 spiro atoms. The second-order valence-corrected chi connectivity index (χ2v) is 2.63. The summed E-state index contributed by atoms with van der Waals surface area (Å²) in [6.45, 7) is 1.89. The molecule has 0 bridgehead atoms. The van der Waals surface area contributed by atoms with E-state index in [2.05, 4.69) is 9.97 Å². The number of hydrogen-bond donors (Lipinski definition) is 1. The number of nitrogen functional groups attached to an aromatic ring is 1. The van der Waals surface area contributed by atoms with Gasteiger partial charge in [0, 0.05) is 25.9 Å². The number of aryl methyl sites for hydroxylation is 1. The zero-order valence-corrected chi connectivity index (χ0v) is 7.00. The molecule has 2 N–H and O–H groups in total. The van der Waals surface area contributed by atoms with Crippen molar-refractivity contribution in [2.75, 3.05) is 24.7 Å². The highest BCUT2D eigenvalue weighted by molar-refractivity contribution is 5.38. The van der Waals surface area contributed by atoms with E-state index in [4.69, 9.17) is 5.73 Å². The van der Waals surface area contributed by atoms with E-state index in [1.807, 2.05) is 25.9 Å². The first-order valence-electron chi connectivity index (χ1n) is 3.38. The number of nitrogens with two attached hydrogens (primary N) is 1. The quantitative estimate of drug-likeness (QED) is 0.634. The molecule has 0 aromatic carbocycles. The fraction of sp³-hybridized carbons (Fsp3) is 0.429. The third kappa shape index (κ3) is 1.80. The molecule has 0 aliphatic carbocycles. The third-order valence-corrected chi connectivity index (χ3v) is 1.26. The number of anilines is 2. The predicted octanol–water partition coefficient (Wildman–Crippen LogP) is 0.433. The van der Waals surface area contributed by atoms with Crippen molar-refractivity contribution in [3.63, 3.8) is 0 Å². The maximum absolute atomic E-state index is 5.52. The molecule has 0 aliphatic rings. The van der Waals surface area contributed by atoms with Crippen LogP contribution in [0.4, 0.5) is 11.8 Å². The van der Waals surface area contributed by atoms with Gasteiger partial charge in [-0.2, -0.15) is 4.98 Å². The molecule has 0 saturated heterocycles. The normalized spacial score (nSPS) is 9.73. The van der Waals surface area contributed by atoms with Crippen LogP contribution in [0.15, 0.2) is 6.07 Å². The zero-order chi connectivity index (χ0) is 8.43. The van der Waals surface area contributed by atoms with Crippen molar-refractivity contribution in [1.29, 1.82) is 0 Å². The lowest BCUT2D eigenvalue weighted by Gasteiger charge is -2.10. The highest BCUT2D eigenvalue weighted by Gasteiger charge is 1.99. The molecule has 1 rings (SSSR count). The lowest BCUT2D eigenvalue weighted by molar-refractivity contribution is 0.982. The fourth-order valence-corrected chi connectivity index (χ4v) is 0.777. The van der Waals surface area contributed by atoms with Crippen molar-refractivity contribution in [3.05, 3.63) is 11.8 Å². The minimum absolute atomic E-state index is 0.515. The standard InChI is InChI=1S/C7H12N4/c1-5-4-6(8)10-7(9-5)11(2)3/h4H,1-3H3,(H2,8,9,10). The maximum Gasteiger partial charge on any atom is 0.226 e. The molecule has 1 aromatic heterocycles. The molecular weight excluding hydrogens is 140 g/mol. The lowest BCUT2D eigenvalue weighted by Crippen LogP contribution is -2.13. The van der Waals surface area contributed by atoms with Crippen molar-refractivity contribution < 1.29 is 0 Å². The van der Waals surface area contributed by atoms with Crippen LogP contribution >= 0.6 is 0 Å². The van der Waals surface area contributed by atoms with Crippen LogP contribution in [-0.4, -0.2) is 24.1 Å². The van der Waals surface area contributed by atoms with Gasteiger partial charge in [-0.05, 0) is 6.92 Å². The molecule has 0 unspecified atom stereocenters. The van der Waals surface area contributed by atoms with Crippen LogP contribution in [0, 0.1) is 6.92 Å². The molecule has 1 aromatic rings. The topological polar surface area (TPSA) is 55.0 Å². The zero-order valence-electron chi connectivity index (χ0n) is 7.00. The minimum atomic E-state index is 0.515. The van der Waals surface area contributed by atoms with Crippen molar-refractivity contribution in [1.82, 2.24) is 9.97 Å². The van der Waals surface area contributed by atoms with Crippen molar-refractivity contribution >= 4 is 11.8 Å². The van der Waals surface area contributed by atoms with Crippen molar-refractivity contribution in [2.24, 2.45) is 0 Å². The van der Waals surface area contributed by atoms with E-state index in [1.165, 1.54) is 0 Å². The summed E-state index contributed by atoms with van der Waals surface area (Å²) in [5.74, 6) is 1.17. The van der Waals surface area contributed by atoms with Crippen molar-refractivity contribution in [3.8, 4) is 0 Å². The van der Waals surface area contributed by atoms with Gasteiger partial charge in [-0.25, -0.2) is 4.98 Å². The third-order valence-electron chi connectivity index (χ3n) is 1.26. The van der Waals surface area contributed by atoms with E-state index < -0.39 is 0 Å². The Bertz CT molecular complexity index is 236. The minimum Gasteiger partial charge on any atom is -0.384 e. The van der Waals surface area contributed by atoms with Gasteiger partial charge in [0.1, 0.15) is 5.82 Å². The summed E-state index contributed by atoms with van der Waals surface area (Å²) in [6.07, 6.45) is 0. The van der Waals surface area contributed by atoms with Gasteiger partial charge in [0.05, 0.1) is 0 Å². The molecule has 0 aliphatic heterocycles. The molecule has 4 nitrogen and oxygen atoms in total. The molecule has 60 valence electrons. The Labute approximate surface area is 66.1 Å².